The Bertz CT molecular complexity index is 450. The lowest BCUT2D eigenvalue weighted by Crippen LogP contribution is -2.32. The van der Waals surface area contributed by atoms with E-state index in [1.165, 1.54) is 0 Å². The first-order valence-electron chi connectivity index (χ1n) is 5.96. The van der Waals surface area contributed by atoms with Crippen molar-refractivity contribution in [3.05, 3.63) is 22.8 Å². The minimum Gasteiger partial charge on any atom is -0.444 e. The highest BCUT2D eigenvalue weighted by Gasteiger charge is 2.16. The van der Waals surface area contributed by atoms with Gasteiger partial charge in [-0.25, -0.2) is 4.79 Å². The molecule has 0 aliphatic heterocycles. The molecule has 0 fully saturated rings. The lowest BCUT2D eigenvalue weighted by molar-refractivity contribution is 0.0523. The van der Waals surface area contributed by atoms with Gasteiger partial charge in [-0.05, 0) is 41.5 Å². The maximum Gasteiger partial charge on any atom is 0.407 e. The van der Waals surface area contributed by atoms with E-state index in [0.29, 0.717) is 6.54 Å². The molecule has 18 heavy (non-hydrogen) atoms. The summed E-state index contributed by atoms with van der Waals surface area (Å²) < 4.78 is 5.16. The smallest absolute Gasteiger partial charge is 0.407 e. The largest absolute Gasteiger partial charge is 0.444 e. The van der Waals surface area contributed by atoms with Crippen LogP contribution in [0, 0.1) is 20.8 Å². The molecule has 0 unspecified atom stereocenters. The van der Waals surface area contributed by atoms with Gasteiger partial charge in [0.2, 0.25) is 0 Å². The molecule has 0 spiro atoms. The summed E-state index contributed by atoms with van der Waals surface area (Å²) in [6, 6.07) is 0. The first-order valence-corrected chi connectivity index (χ1v) is 5.96. The first kappa shape index (κ1) is 14.4. The van der Waals surface area contributed by atoms with E-state index in [4.69, 9.17) is 4.74 Å². The lowest BCUT2D eigenvalue weighted by atomic mass is 10.2. The maximum absolute atomic E-state index is 11.5. The van der Waals surface area contributed by atoms with Crippen LogP contribution in [-0.2, 0) is 11.3 Å². The molecule has 0 atom stereocenters. The molecule has 0 radical (unpaired) electrons. The summed E-state index contributed by atoms with van der Waals surface area (Å²) in [6.45, 7) is 11.5. The zero-order valence-electron chi connectivity index (χ0n) is 11.9. The number of hydrogen-bond acceptors (Lipinski definition) is 4. The van der Waals surface area contributed by atoms with Crippen molar-refractivity contribution >= 4 is 6.09 Å². The molecule has 0 saturated heterocycles. The number of ether oxygens (including phenoxy) is 1. The number of hydrogen-bond donors (Lipinski definition) is 1. The lowest BCUT2D eigenvalue weighted by Gasteiger charge is -2.19. The van der Waals surface area contributed by atoms with Gasteiger partial charge >= 0.3 is 6.09 Å². The fourth-order valence-corrected chi connectivity index (χ4v) is 1.40. The number of carbonyl (C=O) groups is 1. The maximum atomic E-state index is 11.5. The van der Waals surface area contributed by atoms with Crippen LogP contribution in [-0.4, -0.2) is 21.7 Å². The van der Waals surface area contributed by atoms with Gasteiger partial charge in [0.1, 0.15) is 5.60 Å². The van der Waals surface area contributed by atoms with E-state index in [2.05, 4.69) is 15.3 Å². The summed E-state index contributed by atoms with van der Waals surface area (Å²) in [6.07, 6.45) is -0.443. The molecule has 1 amide bonds. The predicted molar refractivity (Wildman–Crippen MR) is 69.3 cm³/mol. The van der Waals surface area contributed by atoms with Crippen LogP contribution in [0.1, 0.15) is 43.5 Å². The van der Waals surface area contributed by atoms with Gasteiger partial charge in [-0.15, -0.1) is 0 Å². The third-order valence-electron chi connectivity index (χ3n) is 2.38. The van der Waals surface area contributed by atoms with E-state index in [1.54, 1.807) is 0 Å². The van der Waals surface area contributed by atoms with E-state index in [-0.39, 0.29) is 0 Å². The van der Waals surface area contributed by atoms with Crippen molar-refractivity contribution in [1.29, 1.82) is 0 Å². The topological polar surface area (TPSA) is 64.1 Å². The number of aromatic nitrogens is 2. The molecular weight excluding hydrogens is 230 g/mol. The number of nitrogens with zero attached hydrogens (tertiary/aromatic N) is 2. The molecular formula is C13H21N3O2. The van der Waals surface area contributed by atoms with Crippen LogP contribution < -0.4 is 5.32 Å². The summed E-state index contributed by atoms with van der Waals surface area (Å²) in [4.78, 5) is 20.3. The van der Waals surface area contributed by atoms with Gasteiger partial charge in [0.25, 0.3) is 0 Å². The summed E-state index contributed by atoms with van der Waals surface area (Å²) >= 11 is 0. The molecule has 1 rings (SSSR count). The molecule has 0 saturated carbocycles. The van der Waals surface area contributed by atoms with Crippen molar-refractivity contribution in [3.8, 4) is 0 Å². The van der Waals surface area contributed by atoms with Gasteiger partial charge < -0.3 is 10.1 Å². The Hall–Kier alpha value is -1.65. The van der Waals surface area contributed by atoms with Crippen LogP contribution in [0.2, 0.25) is 0 Å². The number of amides is 1. The highest BCUT2D eigenvalue weighted by atomic mass is 16.6. The monoisotopic (exact) mass is 251 g/mol. The minimum absolute atomic E-state index is 0.328. The zero-order valence-corrected chi connectivity index (χ0v) is 11.9. The van der Waals surface area contributed by atoms with Crippen LogP contribution >= 0.6 is 0 Å². The average molecular weight is 251 g/mol. The first-order chi connectivity index (χ1) is 8.19. The summed E-state index contributed by atoms with van der Waals surface area (Å²) in [5, 5.41) is 2.68. The van der Waals surface area contributed by atoms with Gasteiger partial charge in [0.05, 0.1) is 29.3 Å². The Morgan fingerprint density at radius 1 is 1.11 bits per heavy atom. The number of rotatable bonds is 2. The highest BCUT2D eigenvalue weighted by Crippen LogP contribution is 2.09. The molecule has 1 aromatic heterocycles. The van der Waals surface area contributed by atoms with Crippen molar-refractivity contribution in [1.82, 2.24) is 15.3 Å². The van der Waals surface area contributed by atoms with Crippen molar-refractivity contribution in [2.24, 2.45) is 0 Å². The Labute approximate surface area is 108 Å². The van der Waals surface area contributed by atoms with Gasteiger partial charge in [-0.2, -0.15) is 0 Å². The standard InChI is InChI=1S/C13H21N3O2/c1-8-9(2)16-11(10(3)15-8)7-14-12(17)18-13(4,5)6/h7H2,1-6H3,(H,14,17). The van der Waals surface area contributed by atoms with Gasteiger partial charge in [0, 0.05) is 0 Å². The van der Waals surface area contributed by atoms with Crippen LogP contribution in [0.3, 0.4) is 0 Å². The van der Waals surface area contributed by atoms with E-state index in [0.717, 1.165) is 22.8 Å². The second-order valence-electron chi connectivity index (χ2n) is 5.28. The summed E-state index contributed by atoms with van der Waals surface area (Å²) in [5.41, 5.74) is 2.89. The minimum atomic E-state index is -0.492. The fraction of sp³-hybridized carbons (Fsp3) is 0.615. The molecule has 5 heteroatoms. The van der Waals surface area contributed by atoms with E-state index in [9.17, 15) is 4.79 Å². The van der Waals surface area contributed by atoms with Crippen LogP contribution in [0.15, 0.2) is 0 Å². The Morgan fingerprint density at radius 3 is 2.22 bits per heavy atom. The van der Waals surface area contributed by atoms with Crippen LogP contribution in [0.5, 0.6) is 0 Å². The quantitative estimate of drug-likeness (QED) is 0.876. The molecule has 100 valence electrons. The highest BCUT2D eigenvalue weighted by molar-refractivity contribution is 5.67. The van der Waals surface area contributed by atoms with Crippen molar-refractivity contribution in [2.75, 3.05) is 0 Å². The molecule has 0 aromatic carbocycles. The fourth-order valence-electron chi connectivity index (χ4n) is 1.40. The number of aryl methyl sites for hydroxylation is 3. The van der Waals surface area contributed by atoms with Crippen LogP contribution in [0.4, 0.5) is 4.79 Å². The summed E-state index contributed by atoms with van der Waals surface area (Å²) in [7, 11) is 0. The van der Waals surface area contributed by atoms with E-state index >= 15 is 0 Å². The predicted octanol–water partition coefficient (Wildman–Crippen LogP) is 2.43. The number of carbonyl (C=O) groups excluding carboxylic acids is 1. The molecule has 1 heterocycles. The number of nitrogens with one attached hydrogen (secondary N) is 1. The SMILES string of the molecule is Cc1nc(C)c(CNC(=O)OC(C)(C)C)nc1C. The van der Waals surface area contributed by atoms with Crippen molar-refractivity contribution in [3.63, 3.8) is 0 Å². The van der Waals surface area contributed by atoms with Gasteiger partial charge in [0.15, 0.2) is 0 Å². The average Bonchev–Trinajstić information content (AvgIpc) is 2.19. The van der Waals surface area contributed by atoms with Gasteiger partial charge in [-0.1, -0.05) is 0 Å². The van der Waals surface area contributed by atoms with Crippen molar-refractivity contribution in [2.45, 2.75) is 53.7 Å². The van der Waals surface area contributed by atoms with Crippen molar-refractivity contribution < 1.29 is 9.53 Å². The zero-order chi connectivity index (χ0) is 13.9. The molecule has 5 nitrogen and oxygen atoms in total. The van der Waals surface area contributed by atoms with E-state index < -0.39 is 11.7 Å². The Balaban J connectivity index is 2.64. The molecule has 0 aliphatic carbocycles. The molecule has 1 N–H and O–H groups in total. The normalized spacial score (nSPS) is 11.2. The Kier molecular flexibility index (Phi) is 4.27. The molecule has 0 aliphatic rings. The van der Waals surface area contributed by atoms with Crippen LogP contribution in [0.25, 0.3) is 0 Å². The molecule has 0 bridgehead atoms. The Morgan fingerprint density at radius 2 is 1.67 bits per heavy atom. The van der Waals surface area contributed by atoms with E-state index in [1.807, 2.05) is 41.5 Å². The molecule has 1 aromatic rings. The second kappa shape index (κ2) is 5.33. The summed E-state index contributed by atoms with van der Waals surface area (Å²) in [5.74, 6) is 0. The second-order valence-corrected chi connectivity index (χ2v) is 5.28. The third kappa shape index (κ3) is 4.31. The number of alkyl carbamates (subject to hydrolysis) is 1. The van der Waals surface area contributed by atoms with Gasteiger partial charge in [-0.3, -0.25) is 9.97 Å². The third-order valence-corrected chi connectivity index (χ3v) is 2.38.